The molecule has 4 heteroatoms. The highest BCUT2D eigenvalue weighted by Crippen LogP contribution is 2.23. The first-order valence-corrected chi connectivity index (χ1v) is 5.51. The number of rotatable bonds is 2. The first-order valence-electron chi connectivity index (χ1n) is 4.72. The van der Waals surface area contributed by atoms with E-state index < -0.39 is 0 Å². The van der Waals surface area contributed by atoms with Crippen molar-refractivity contribution in [2.75, 3.05) is 0 Å². The molecular formula is C11H12BrN3. The number of imidazole rings is 1. The van der Waals surface area contributed by atoms with E-state index in [0.29, 0.717) is 6.54 Å². The summed E-state index contributed by atoms with van der Waals surface area (Å²) < 4.78 is 0.722. The lowest BCUT2D eigenvalue weighted by Crippen LogP contribution is -1.98. The Morgan fingerprint density at radius 2 is 2.27 bits per heavy atom. The van der Waals surface area contributed by atoms with Gasteiger partial charge in [-0.1, -0.05) is 23.8 Å². The number of benzene rings is 1. The predicted octanol–water partition coefficient (Wildman–Crippen LogP) is 2.61. The van der Waals surface area contributed by atoms with Crippen LogP contribution in [0.1, 0.15) is 11.3 Å². The molecular weight excluding hydrogens is 254 g/mol. The Labute approximate surface area is 96.9 Å². The zero-order chi connectivity index (χ0) is 10.8. The lowest BCUT2D eigenvalue weighted by molar-refractivity contribution is 1.01. The van der Waals surface area contributed by atoms with Crippen molar-refractivity contribution >= 4 is 15.9 Å². The van der Waals surface area contributed by atoms with Gasteiger partial charge >= 0.3 is 0 Å². The molecule has 0 amide bonds. The molecule has 2 rings (SSSR count). The molecule has 0 aliphatic rings. The second-order valence-corrected chi connectivity index (χ2v) is 4.18. The molecule has 15 heavy (non-hydrogen) atoms. The number of nitrogens with one attached hydrogen (secondary N) is 1. The van der Waals surface area contributed by atoms with Gasteiger partial charge in [0.05, 0.1) is 11.4 Å². The molecule has 0 saturated carbocycles. The van der Waals surface area contributed by atoms with Gasteiger partial charge in [0.1, 0.15) is 0 Å². The van der Waals surface area contributed by atoms with Crippen LogP contribution in [0.2, 0.25) is 0 Å². The first kappa shape index (κ1) is 10.4. The fraction of sp³-hybridized carbons (Fsp3) is 0.182. The Kier molecular flexibility index (Phi) is 2.88. The average molecular weight is 266 g/mol. The Morgan fingerprint density at radius 3 is 2.93 bits per heavy atom. The topological polar surface area (TPSA) is 54.7 Å². The van der Waals surface area contributed by atoms with Crippen molar-refractivity contribution < 1.29 is 0 Å². The van der Waals surface area contributed by atoms with E-state index in [1.165, 1.54) is 5.56 Å². The maximum Gasteiger partial charge on any atom is 0.175 e. The highest BCUT2D eigenvalue weighted by molar-refractivity contribution is 9.10. The van der Waals surface area contributed by atoms with Gasteiger partial charge in [0, 0.05) is 12.1 Å². The molecule has 1 aromatic carbocycles. The summed E-state index contributed by atoms with van der Waals surface area (Å²) in [6.07, 6.45) is 0. The van der Waals surface area contributed by atoms with E-state index in [2.05, 4.69) is 45.0 Å². The summed E-state index contributed by atoms with van der Waals surface area (Å²) in [6, 6.07) is 8.22. The van der Waals surface area contributed by atoms with Crippen LogP contribution < -0.4 is 5.73 Å². The van der Waals surface area contributed by atoms with Crippen LogP contribution in [0.25, 0.3) is 11.3 Å². The lowest BCUT2D eigenvalue weighted by Gasteiger charge is -2.01. The number of hydrogen-bond donors (Lipinski definition) is 2. The van der Waals surface area contributed by atoms with Crippen LogP contribution in [0.4, 0.5) is 0 Å². The maximum atomic E-state index is 5.65. The summed E-state index contributed by atoms with van der Waals surface area (Å²) in [5, 5.41) is 0. The van der Waals surface area contributed by atoms with Crippen molar-refractivity contribution in [3.8, 4) is 11.3 Å². The van der Waals surface area contributed by atoms with Gasteiger partial charge in [-0.2, -0.15) is 0 Å². The molecule has 3 nitrogen and oxygen atoms in total. The van der Waals surface area contributed by atoms with Gasteiger partial charge in [-0.15, -0.1) is 0 Å². The van der Waals surface area contributed by atoms with Crippen molar-refractivity contribution in [3.63, 3.8) is 0 Å². The summed E-state index contributed by atoms with van der Waals surface area (Å²) >= 11 is 3.32. The molecule has 0 unspecified atom stereocenters. The zero-order valence-corrected chi connectivity index (χ0v) is 10.0. The molecule has 78 valence electrons. The third kappa shape index (κ3) is 2.11. The van der Waals surface area contributed by atoms with E-state index >= 15 is 0 Å². The number of aromatic nitrogens is 2. The molecule has 0 aliphatic carbocycles. The predicted molar refractivity (Wildman–Crippen MR) is 64.4 cm³/mol. The third-order valence-corrected chi connectivity index (χ3v) is 2.62. The Bertz CT molecular complexity index is 476. The summed E-state index contributed by atoms with van der Waals surface area (Å²) in [6.45, 7) is 2.52. The molecule has 0 bridgehead atoms. The van der Waals surface area contributed by atoms with E-state index in [4.69, 9.17) is 5.73 Å². The molecule has 0 radical (unpaired) electrons. The SMILES string of the molecule is Cc1cccc(-c2nc(Br)[nH]c2CN)c1. The second kappa shape index (κ2) is 4.16. The average Bonchev–Trinajstić information content (AvgIpc) is 2.59. The van der Waals surface area contributed by atoms with Gasteiger partial charge in [-0.3, -0.25) is 0 Å². The summed E-state index contributed by atoms with van der Waals surface area (Å²) in [5.74, 6) is 0. The Hall–Kier alpha value is -1.13. The van der Waals surface area contributed by atoms with E-state index in [-0.39, 0.29) is 0 Å². The third-order valence-electron chi connectivity index (χ3n) is 2.25. The fourth-order valence-corrected chi connectivity index (χ4v) is 1.97. The van der Waals surface area contributed by atoms with Gasteiger partial charge in [0.2, 0.25) is 0 Å². The van der Waals surface area contributed by atoms with E-state index in [1.54, 1.807) is 0 Å². The van der Waals surface area contributed by atoms with Crippen LogP contribution >= 0.6 is 15.9 Å². The quantitative estimate of drug-likeness (QED) is 0.877. The molecule has 2 aromatic rings. The minimum Gasteiger partial charge on any atom is -0.335 e. The standard InChI is InChI=1S/C11H12BrN3/c1-7-3-2-4-8(5-7)10-9(6-13)14-11(12)15-10/h2-5H,6,13H2,1H3,(H,14,15). The van der Waals surface area contributed by atoms with Crippen molar-refractivity contribution in [2.24, 2.45) is 5.73 Å². The van der Waals surface area contributed by atoms with Crippen LogP contribution in [0.15, 0.2) is 29.0 Å². The number of H-pyrrole nitrogens is 1. The van der Waals surface area contributed by atoms with Gasteiger partial charge < -0.3 is 10.7 Å². The van der Waals surface area contributed by atoms with Gasteiger partial charge in [0.15, 0.2) is 4.73 Å². The monoisotopic (exact) mass is 265 g/mol. The highest BCUT2D eigenvalue weighted by Gasteiger charge is 2.09. The minimum atomic E-state index is 0.460. The molecule has 0 atom stereocenters. The molecule has 1 heterocycles. The molecule has 0 saturated heterocycles. The van der Waals surface area contributed by atoms with Gasteiger partial charge in [0.25, 0.3) is 0 Å². The van der Waals surface area contributed by atoms with Crippen molar-refractivity contribution in [3.05, 3.63) is 40.3 Å². The van der Waals surface area contributed by atoms with Crippen LogP contribution in [0.3, 0.4) is 0 Å². The van der Waals surface area contributed by atoms with Crippen LogP contribution in [-0.4, -0.2) is 9.97 Å². The molecule has 0 aliphatic heterocycles. The fourth-order valence-electron chi connectivity index (χ4n) is 1.56. The number of hydrogen-bond acceptors (Lipinski definition) is 2. The normalized spacial score (nSPS) is 10.6. The molecule has 0 spiro atoms. The molecule has 1 aromatic heterocycles. The summed E-state index contributed by atoms with van der Waals surface area (Å²) in [7, 11) is 0. The first-order chi connectivity index (χ1) is 7.20. The number of aryl methyl sites for hydroxylation is 1. The van der Waals surface area contributed by atoms with E-state index in [1.807, 2.05) is 12.1 Å². The smallest absolute Gasteiger partial charge is 0.175 e. The number of aromatic amines is 1. The van der Waals surface area contributed by atoms with Crippen LogP contribution in [-0.2, 0) is 6.54 Å². The second-order valence-electron chi connectivity index (χ2n) is 3.43. The highest BCUT2D eigenvalue weighted by atomic mass is 79.9. The summed E-state index contributed by atoms with van der Waals surface area (Å²) in [5.41, 5.74) is 9.83. The van der Waals surface area contributed by atoms with Crippen LogP contribution in [0, 0.1) is 6.92 Å². The number of halogens is 1. The van der Waals surface area contributed by atoms with Gasteiger partial charge in [-0.05, 0) is 28.9 Å². The molecule has 3 N–H and O–H groups in total. The van der Waals surface area contributed by atoms with Crippen molar-refractivity contribution in [1.29, 1.82) is 0 Å². The molecule has 0 fully saturated rings. The van der Waals surface area contributed by atoms with E-state index in [0.717, 1.165) is 21.7 Å². The van der Waals surface area contributed by atoms with Gasteiger partial charge in [-0.25, -0.2) is 4.98 Å². The van der Waals surface area contributed by atoms with Crippen molar-refractivity contribution in [2.45, 2.75) is 13.5 Å². The maximum absolute atomic E-state index is 5.65. The Morgan fingerprint density at radius 1 is 1.47 bits per heavy atom. The number of nitrogens with zero attached hydrogens (tertiary/aromatic N) is 1. The van der Waals surface area contributed by atoms with Crippen LogP contribution in [0.5, 0.6) is 0 Å². The zero-order valence-electron chi connectivity index (χ0n) is 8.42. The number of nitrogens with two attached hydrogens (primary N) is 1. The minimum absolute atomic E-state index is 0.460. The van der Waals surface area contributed by atoms with Crippen molar-refractivity contribution in [1.82, 2.24) is 9.97 Å². The summed E-state index contributed by atoms with van der Waals surface area (Å²) in [4.78, 5) is 7.47. The van der Waals surface area contributed by atoms with E-state index in [9.17, 15) is 0 Å². The largest absolute Gasteiger partial charge is 0.335 e. The Balaban J connectivity index is 2.53. The lowest BCUT2D eigenvalue weighted by atomic mass is 10.1.